The highest BCUT2D eigenvalue weighted by Gasteiger charge is 2.17. The zero-order chi connectivity index (χ0) is 18.5. The van der Waals surface area contributed by atoms with Crippen LogP contribution < -0.4 is 0 Å². The predicted octanol–water partition coefficient (Wildman–Crippen LogP) is 6.63. The molecule has 0 N–H and O–H groups in total. The van der Waals surface area contributed by atoms with Gasteiger partial charge >= 0.3 is 0 Å². The lowest BCUT2D eigenvalue weighted by molar-refractivity contribution is 0.449. The molecule has 1 aromatic heterocycles. The van der Waals surface area contributed by atoms with E-state index in [1.54, 1.807) is 12.3 Å². The molecule has 0 radical (unpaired) electrons. The number of aromatic nitrogens is 1. The van der Waals surface area contributed by atoms with Gasteiger partial charge in [0.1, 0.15) is 0 Å². The Morgan fingerprint density at radius 2 is 1.11 bits per heavy atom. The van der Waals surface area contributed by atoms with E-state index in [0.29, 0.717) is 0 Å². The van der Waals surface area contributed by atoms with Crippen molar-refractivity contribution >= 4 is 32.3 Å². The Kier molecular flexibility index (Phi) is 3.41. The van der Waals surface area contributed by atoms with Gasteiger partial charge in [-0.05, 0) is 45.1 Å². The third kappa shape index (κ3) is 2.30. The third-order valence-corrected chi connectivity index (χ3v) is 4.94. The molecule has 0 unspecified atom stereocenters. The summed E-state index contributed by atoms with van der Waals surface area (Å²) in [5.41, 5.74) is 0.201. The van der Waals surface area contributed by atoms with E-state index in [0.717, 1.165) is 38.4 Å². The van der Waals surface area contributed by atoms with Crippen LogP contribution in [0.25, 0.3) is 43.6 Å². The molecule has 0 saturated carbocycles. The minimum absolute atomic E-state index is 0.0620. The van der Waals surface area contributed by atoms with Gasteiger partial charge in [0.2, 0.25) is 0 Å². The summed E-state index contributed by atoms with van der Waals surface area (Å²) in [7, 11) is 0. The van der Waals surface area contributed by atoms with Crippen molar-refractivity contribution in [3.63, 3.8) is 0 Å². The number of hydrogen-bond donors (Lipinski definition) is 0. The van der Waals surface area contributed by atoms with Crippen LogP contribution >= 0.6 is 0 Å². The van der Waals surface area contributed by atoms with Crippen molar-refractivity contribution in [3.8, 4) is 11.3 Å². The molecule has 0 fully saturated rings. The fraction of sp³-hybridized carbons (Fsp3) is 0. The van der Waals surface area contributed by atoms with Gasteiger partial charge in [-0.15, -0.1) is 0 Å². The molecule has 0 aliphatic carbocycles. The highest BCUT2D eigenvalue weighted by molar-refractivity contribution is 6.25. The Bertz CT molecular complexity index is 1320. The van der Waals surface area contributed by atoms with Crippen LogP contribution in [0.5, 0.6) is 0 Å². The monoisotopic (exact) mass is 359 g/mol. The molecule has 0 saturated heterocycles. The van der Waals surface area contributed by atoms with Crippen LogP contribution in [-0.2, 0) is 0 Å². The molecule has 0 amide bonds. The van der Waals surface area contributed by atoms with Crippen LogP contribution in [0.4, 0.5) is 13.2 Å². The minimum atomic E-state index is -1.49. The number of fused-ring (bicyclic) bond motifs is 6. The number of hydrogen-bond acceptors (Lipinski definition) is 1. The Balaban J connectivity index is 1.91. The average Bonchev–Trinajstić information content (AvgIpc) is 2.72. The van der Waals surface area contributed by atoms with Crippen LogP contribution in [0.15, 0.2) is 72.9 Å². The van der Waals surface area contributed by atoms with Gasteiger partial charge in [0, 0.05) is 17.1 Å². The quantitative estimate of drug-likeness (QED) is 0.242. The zero-order valence-corrected chi connectivity index (χ0v) is 14.0. The first-order chi connectivity index (χ1) is 13.1. The summed E-state index contributed by atoms with van der Waals surface area (Å²) in [6, 6.07) is 19.8. The topological polar surface area (TPSA) is 12.9 Å². The Hall–Kier alpha value is -3.40. The first kappa shape index (κ1) is 15.8. The molecule has 4 heteroatoms. The molecular formula is C23H12F3N. The van der Waals surface area contributed by atoms with Gasteiger partial charge in [0.05, 0.1) is 5.69 Å². The second kappa shape index (κ2) is 5.81. The number of rotatable bonds is 1. The molecule has 130 valence electrons. The van der Waals surface area contributed by atoms with E-state index in [1.807, 2.05) is 42.5 Å². The van der Waals surface area contributed by atoms with E-state index < -0.39 is 17.5 Å². The van der Waals surface area contributed by atoms with Crippen LogP contribution in [0, 0.1) is 17.5 Å². The lowest BCUT2D eigenvalue weighted by Crippen LogP contribution is -1.96. The van der Waals surface area contributed by atoms with Crippen LogP contribution in [0.1, 0.15) is 0 Å². The maximum atomic E-state index is 14.3. The fourth-order valence-corrected chi connectivity index (χ4v) is 3.67. The van der Waals surface area contributed by atoms with Crippen molar-refractivity contribution in [2.24, 2.45) is 0 Å². The van der Waals surface area contributed by atoms with Crippen LogP contribution in [0.2, 0.25) is 0 Å². The van der Waals surface area contributed by atoms with E-state index in [1.165, 1.54) is 6.07 Å². The maximum Gasteiger partial charge on any atom is 0.195 e. The van der Waals surface area contributed by atoms with Gasteiger partial charge < -0.3 is 0 Å². The van der Waals surface area contributed by atoms with Gasteiger partial charge in [-0.3, -0.25) is 4.98 Å². The molecule has 5 rings (SSSR count). The lowest BCUT2D eigenvalue weighted by Gasteiger charge is -2.11. The number of benzene rings is 4. The fourth-order valence-electron chi connectivity index (χ4n) is 3.67. The van der Waals surface area contributed by atoms with Gasteiger partial charge in [-0.2, -0.15) is 0 Å². The molecule has 1 heterocycles. The second-order valence-corrected chi connectivity index (χ2v) is 6.43. The molecule has 1 nitrogen and oxygen atoms in total. The van der Waals surface area contributed by atoms with Gasteiger partial charge in [-0.25, -0.2) is 13.2 Å². The third-order valence-electron chi connectivity index (χ3n) is 4.94. The van der Waals surface area contributed by atoms with Gasteiger partial charge in [0.15, 0.2) is 17.5 Å². The van der Waals surface area contributed by atoms with E-state index in [-0.39, 0.29) is 11.3 Å². The second-order valence-electron chi connectivity index (χ2n) is 6.43. The number of halogens is 3. The first-order valence-corrected chi connectivity index (χ1v) is 8.48. The molecule has 27 heavy (non-hydrogen) atoms. The lowest BCUT2D eigenvalue weighted by atomic mass is 9.94. The highest BCUT2D eigenvalue weighted by atomic mass is 19.2. The highest BCUT2D eigenvalue weighted by Crippen LogP contribution is 2.36. The Morgan fingerprint density at radius 1 is 0.556 bits per heavy atom. The van der Waals surface area contributed by atoms with Crippen molar-refractivity contribution in [1.29, 1.82) is 0 Å². The summed E-state index contributed by atoms with van der Waals surface area (Å²) in [6.07, 6.45) is 1.67. The molecule has 0 aliphatic rings. The van der Waals surface area contributed by atoms with E-state index in [2.05, 4.69) is 11.1 Å². The SMILES string of the molecule is Fc1ccc(-c2cc3c4ccccc4c4ccccc4c3cn2)c(F)c1F. The Labute approximate surface area is 152 Å². The zero-order valence-electron chi connectivity index (χ0n) is 14.0. The molecule has 0 spiro atoms. The van der Waals surface area contributed by atoms with Crippen molar-refractivity contribution < 1.29 is 13.2 Å². The van der Waals surface area contributed by atoms with E-state index in [9.17, 15) is 13.2 Å². The smallest absolute Gasteiger partial charge is 0.195 e. The van der Waals surface area contributed by atoms with Gasteiger partial charge in [-0.1, -0.05) is 48.5 Å². The predicted molar refractivity (Wildman–Crippen MR) is 102 cm³/mol. The Morgan fingerprint density at radius 3 is 1.74 bits per heavy atom. The molecular weight excluding hydrogens is 347 g/mol. The molecule has 0 atom stereocenters. The summed E-state index contributed by atoms with van der Waals surface area (Å²) >= 11 is 0. The molecule has 5 aromatic rings. The largest absolute Gasteiger partial charge is 0.255 e. The summed E-state index contributed by atoms with van der Waals surface area (Å²) in [5.74, 6) is -3.93. The average molecular weight is 359 g/mol. The molecule has 0 aliphatic heterocycles. The van der Waals surface area contributed by atoms with Gasteiger partial charge in [0.25, 0.3) is 0 Å². The van der Waals surface area contributed by atoms with Crippen LogP contribution in [0.3, 0.4) is 0 Å². The summed E-state index contributed by atoms with van der Waals surface area (Å²) in [6.45, 7) is 0. The van der Waals surface area contributed by atoms with Crippen molar-refractivity contribution in [3.05, 3.63) is 90.4 Å². The maximum absolute atomic E-state index is 14.3. The molecule has 0 bridgehead atoms. The summed E-state index contributed by atoms with van der Waals surface area (Å²) in [4.78, 5) is 4.34. The summed E-state index contributed by atoms with van der Waals surface area (Å²) in [5, 5.41) is 6.03. The van der Waals surface area contributed by atoms with E-state index in [4.69, 9.17) is 0 Å². The van der Waals surface area contributed by atoms with Crippen molar-refractivity contribution in [2.45, 2.75) is 0 Å². The normalized spacial score (nSPS) is 11.5. The number of nitrogens with zero attached hydrogens (tertiary/aromatic N) is 1. The van der Waals surface area contributed by atoms with E-state index >= 15 is 0 Å². The van der Waals surface area contributed by atoms with Crippen LogP contribution in [-0.4, -0.2) is 4.98 Å². The summed E-state index contributed by atoms with van der Waals surface area (Å²) < 4.78 is 41.2. The molecule has 4 aromatic carbocycles. The van der Waals surface area contributed by atoms with Crippen molar-refractivity contribution in [2.75, 3.05) is 0 Å². The standard InChI is InChI=1S/C23H12F3N/c24-20-10-9-17(22(25)23(20)26)21-11-18-15-7-3-1-5-13(15)14-6-2-4-8-16(14)19(18)12-27-21/h1-12H. The number of pyridine rings is 1. The minimum Gasteiger partial charge on any atom is -0.255 e. The first-order valence-electron chi connectivity index (χ1n) is 8.48. The van der Waals surface area contributed by atoms with Crippen molar-refractivity contribution in [1.82, 2.24) is 4.98 Å².